The molecule has 2 heterocycles. The smallest absolute Gasteiger partial charge is 0.239 e. The Morgan fingerprint density at radius 2 is 1.74 bits per heavy atom. The molecule has 0 saturated carbocycles. The molecule has 184 valence electrons. The van der Waals surface area contributed by atoms with E-state index in [2.05, 4.69) is 30.2 Å². The highest BCUT2D eigenvalue weighted by molar-refractivity contribution is 8.01. The second kappa shape index (κ2) is 12.5. The van der Waals surface area contributed by atoms with Crippen LogP contribution in [0, 0.1) is 6.92 Å². The van der Waals surface area contributed by atoms with E-state index in [9.17, 15) is 0 Å². The van der Waals surface area contributed by atoms with Crippen LogP contribution in [0.3, 0.4) is 0 Å². The number of para-hydroxylation sites is 1. The van der Waals surface area contributed by atoms with Crippen LogP contribution in [-0.4, -0.2) is 64.9 Å². The second-order valence-electron chi connectivity index (χ2n) is 7.69. The molecule has 2 N–H and O–H groups in total. The molecule has 0 aliphatic heterocycles. The van der Waals surface area contributed by atoms with Crippen molar-refractivity contribution >= 4 is 17.9 Å². The number of ether oxygens (including phenoxy) is 3. The van der Waals surface area contributed by atoms with Crippen LogP contribution in [0.5, 0.6) is 11.5 Å². The highest BCUT2D eigenvalue weighted by Gasteiger charge is 2.25. The highest BCUT2D eigenvalue weighted by atomic mass is 32.2. The van der Waals surface area contributed by atoms with Gasteiger partial charge in [-0.1, -0.05) is 6.07 Å². The zero-order valence-corrected chi connectivity index (χ0v) is 21.3. The van der Waals surface area contributed by atoms with Crippen LogP contribution in [0.15, 0.2) is 30.6 Å². The van der Waals surface area contributed by atoms with Crippen molar-refractivity contribution in [3.63, 3.8) is 0 Å². The van der Waals surface area contributed by atoms with Crippen molar-refractivity contribution in [1.29, 1.82) is 0 Å². The minimum atomic E-state index is -0.301. The lowest BCUT2D eigenvalue weighted by Crippen LogP contribution is -2.19. The number of nitrogens with one attached hydrogen (secondary N) is 2. The zero-order valence-electron chi connectivity index (χ0n) is 20.5. The first kappa shape index (κ1) is 25.7. The Kier molecular flexibility index (Phi) is 9.49. The van der Waals surface area contributed by atoms with Gasteiger partial charge in [0.05, 0.1) is 19.5 Å². The van der Waals surface area contributed by atoms with Crippen molar-refractivity contribution in [2.45, 2.75) is 38.0 Å². The number of hydrogen-bond acceptors (Lipinski definition) is 10. The Balaban J connectivity index is 1.91. The van der Waals surface area contributed by atoms with Crippen LogP contribution in [0.4, 0.5) is 5.95 Å². The van der Waals surface area contributed by atoms with Crippen molar-refractivity contribution < 1.29 is 14.2 Å². The Morgan fingerprint density at radius 3 is 2.32 bits per heavy atom. The van der Waals surface area contributed by atoms with Gasteiger partial charge in [0, 0.05) is 25.9 Å². The molecule has 0 radical (unpaired) electrons. The van der Waals surface area contributed by atoms with Gasteiger partial charge in [-0.05, 0) is 63.5 Å². The van der Waals surface area contributed by atoms with Gasteiger partial charge in [-0.15, -0.1) is 10.2 Å². The summed E-state index contributed by atoms with van der Waals surface area (Å²) in [5, 5.41) is 12.1. The van der Waals surface area contributed by atoms with Crippen molar-refractivity contribution in [3.8, 4) is 17.2 Å². The molecular weight excluding hydrogens is 454 g/mol. The van der Waals surface area contributed by atoms with Crippen molar-refractivity contribution in [2.75, 3.05) is 39.6 Å². The number of methoxy groups -OCH3 is 3. The van der Waals surface area contributed by atoms with Crippen molar-refractivity contribution in [3.05, 3.63) is 47.8 Å². The molecule has 3 rings (SSSR count). The minimum Gasteiger partial charge on any atom is -0.494 e. The number of anilines is 1. The fourth-order valence-corrected chi connectivity index (χ4v) is 4.30. The normalized spacial score (nSPS) is 12.9. The van der Waals surface area contributed by atoms with Crippen LogP contribution in [0.25, 0.3) is 5.69 Å². The van der Waals surface area contributed by atoms with Crippen LogP contribution in [0.2, 0.25) is 0 Å². The maximum absolute atomic E-state index is 5.71. The first-order chi connectivity index (χ1) is 16.5. The van der Waals surface area contributed by atoms with Gasteiger partial charge in [-0.3, -0.25) is 9.29 Å². The summed E-state index contributed by atoms with van der Waals surface area (Å²) in [5.41, 5.74) is 1.75. The summed E-state index contributed by atoms with van der Waals surface area (Å²) in [6, 6.07) is 5.68. The number of aryl methyl sites for hydroxylation is 2. The molecule has 3 aromatic rings. The average Bonchev–Trinajstić information content (AvgIpc) is 3.26. The van der Waals surface area contributed by atoms with Gasteiger partial charge in [0.1, 0.15) is 29.1 Å². The number of nitrogens with zero attached hydrogens (tertiary/aromatic N) is 5. The van der Waals surface area contributed by atoms with E-state index < -0.39 is 0 Å². The Bertz CT molecular complexity index is 1020. The number of aromatic nitrogens is 5. The predicted molar refractivity (Wildman–Crippen MR) is 134 cm³/mol. The lowest BCUT2D eigenvalue weighted by Gasteiger charge is -2.22. The first-order valence-electron chi connectivity index (χ1n) is 11.1. The third-order valence-electron chi connectivity index (χ3n) is 5.25. The number of hydrogen-bond donors (Lipinski definition) is 2. The molecule has 2 aromatic heterocycles. The summed E-state index contributed by atoms with van der Waals surface area (Å²) in [4.78, 5) is 8.87. The van der Waals surface area contributed by atoms with E-state index in [1.165, 1.54) is 11.9 Å². The van der Waals surface area contributed by atoms with Gasteiger partial charge >= 0.3 is 0 Å². The molecule has 0 aliphatic carbocycles. The van der Waals surface area contributed by atoms with Gasteiger partial charge in [0.25, 0.3) is 0 Å². The van der Waals surface area contributed by atoms with E-state index in [4.69, 9.17) is 14.2 Å². The molecule has 0 spiro atoms. The van der Waals surface area contributed by atoms with E-state index in [1.54, 1.807) is 33.7 Å². The standard InChI is InChI=1S/C23H33N7O3S/c1-15-13-25-22(26-14-15)21(33-6)16(2)34-29-23-28-27-19(11-8-12-24-3)30(23)20-17(31-4)9-7-10-18(20)32-5/h7,9-10,13-14,16,21,24H,8,11-12H2,1-6H3,(H,28,29). The fraction of sp³-hybridized carbons (Fsp3) is 0.478. The number of benzene rings is 1. The van der Waals surface area contributed by atoms with Crippen LogP contribution in [-0.2, 0) is 11.2 Å². The third-order valence-corrected chi connectivity index (χ3v) is 6.17. The van der Waals surface area contributed by atoms with E-state index >= 15 is 0 Å². The first-order valence-corrected chi connectivity index (χ1v) is 11.9. The molecule has 34 heavy (non-hydrogen) atoms. The molecule has 0 amide bonds. The molecule has 11 heteroatoms. The quantitative estimate of drug-likeness (QED) is 0.275. The molecule has 10 nitrogen and oxygen atoms in total. The molecule has 1 aromatic carbocycles. The highest BCUT2D eigenvalue weighted by Crippen LogP contribution is 2.36. The zero-order chi connectivity index (χ0) is 24.5. The van der Waals surface area contributed by atoms with E-state index in [0.717, 1.165) is 36.5 Å². The summed E-state index contributed by atoms with van der Waals surface area (Å²) < 4.78 is 22.3. The van der Waals surface area contributed by atoms with Gasteiger partial charge in [-0.2, -0.15) is 0 Å². The van der Waals surface area contributed by atoms with Crippen LogP contribution >= 0.6 is 11.9 Å². The molecule has 0 fully saturated rings. The minimum absolute atomic E-state index is 0.0230. The van der Waals surface area contributed by atoms with E-state index in [-0.39, 0.29) is 11.4 Å². The SMILES string of the molecule is CNCCCc1nnc(NSC(C)C(OC)c2ncc(C)cn2)n1-c1c(OC)cccc1OC. The lowest BCUT2D eigenvalue weighted by atomic mass is 10.2. The summed E-state index contributed by atoms with van der Waals surface area (Å²) in [5.74, 6) is 3.34. The van der Waals surface area contributed by atoms with Gasteiger partial charge in [0.15, 0.2) is 5.82 Å². The molecule has 0 saturated heterocycles. The van der Waals surface area contributed by atoms with Gasteiger partial charge in [-0.25, -0.2) is 9.97 Å². The lowest BCUT2D eigenvalue weighted by molar-refractivity contribution is 0.0972. The Hall–Kier alpha value is -2.89. The Labute approximate surface area is 205 Å². The summed E-state index contributed by atoms with van der Waals surface area (Å²) >= 11 is 1.47. The largest absolute Gasteiger partial charge is 0.494 e. The number of rotatable bonds is 13. The van der Waals surface area contributed by atoms with E-state index in [0.29, 0.717) is 23.3 Å². The van der Waals surface area contributed by atoms with Gasteiger partial charge < -0.3 is 19.5 Å². The third kappa shape index (κ3) is 5.96. The predicted octanol–water partition coefficient (Wildman–Crippen LogP) is 3.37. The van der Waals surface area contributed by atoms with Crippen molar-refractivity contribution in [2.24, 2.45) is 0 Å². The van der Waals surface area contributed by atoms with Crippen LogP contribution in [0.1, 0.15) is 36.7 Å². The average molecular weight is 488 g/mol. The molecule has 2 atom stereocenters. The molecular formula is C23H33N7O3S. The maximum atomic E-state index is 5.71. The molecule has 0 aliphatic rings. The summed E-state index contributed by atoms with van der Waals surface area (Å²) in [6.07, 6.45) is 4.92. The summed E-state index contributed by atoms with van der Waals surface area (Å²) in [6.45, 7) is 4.88. The fourth-order valence-electron chi connectivity index (χ4n) is 3.52. The molecule has 2 unspecified atom stereocenters. The van der Waals surface area contributed by atoms with Crippen LogP contribution < -0.4 is 19.5 Å². The Morgan fingerprint density at radius 1 is 1.06 bits per heavy atom. The molecule has 0 bridgehead atoms. The monoisotopic (exact) mass is 487 g/mol. The van der Waals surface area contributed by atoms with E-state index in [1.807, 2.05) is 43.7 Å². The second-order valence-corrected chi connectivity index (χ2v) is 8.88. The van der Waals surface area contributed by atoms with Crippen molar-refractivity contribution in [1.82, 2.24) is 30.0 Å². The maximum Gasteiger partial charge on any atom is 0.239 e. The summed E-state index contributed by atoms with van der Waals surface area (Å²) in [7, 11) is 6.87. The van der Waals surface area contributed by atoms with Gasteiger partial charge in [0.2, 0.25) is 5.95 Å². The topological polar surface area (TPSA) is 108 Å².